The van der Waals surface area contributed by atoms with Crippen molar-refractivity contribution in [1.82, 2.24) is 4.90 Å². The molecule has 0 saturated carbocycles. The lowest BCUT2D eigenvalue weighted by Crippen LogP contribution is -2.24. The SMILES string of the molecule is O=C1c2ccc(O)c(O)c2CN1Cc1c(F)cccc1Cl. The highest BCUT2D eigenvalue weighted by Gasteiger charge is 2.31. The van der Waals surface area contributed by atoms with Gasteiger partial charge in [-0.15, -0.1) is 0 Å². The summed E-state index contributed by atoms with van der Waals surface area (Å²) in [4.78, 5) is 13.6. The van der Waals surface area contributed by atoms with Gasteiger partial charge in [0.05, 0.1) is 13.1 Å². The topological polar surface area (TPSA) is 60.8 Å². The van der Waals surface area contributed by atoms with Crippen molar-refractivity contribution in [1.29, 1.82) is 0 Å². The summed E-state index contributed by atoms with van der Waals surface area (Å²) >= 11 is 5.96. The molecule has 0 unspecified atom stereocenters. The van der Waals surface area contributed by atoms with Crippen LogP contribution in [-0.4, -0.2) is 21.0 Å². The van der Waals surface area contributed by atoms with E-state index in [2.05, 4.69) is 0 Å². The van der Waals surface area contributed by atoms with Crippen LogP contribution in [0, 0.1) is 5.82 Å². The largest absolute Gasteiger partial charge is 0.504 e. The lowest BCUT2D eigenvalue weighted by molar-refractivity contribution is 0.0765. The standard InChI is InChI=1S/C15H11ClFNO3/c16-11-2-1-3-12(17)10(11)7-18-6-9-8(15(18)21)4-5-13(19)14(9)20/h1-5,19-20H,6-7H2. The van der Waals surface area contributed by atoms with Crippen molar-refractivity contribution >= 4 is 17.5 Å². The molecule has 0 atom stereocenters. The lowest BCUT2D eigenvalue weighted by Gasteiger charge is -2.17. The van der Waals surface area contributed by atoms with Crippen LogP contribution in [0.4, 0.5) is 4.39 Å². The predicted molar refractivity (Wildman–Crippen MR) is 74.8 cm³/mol. The molecule has 0 aromatic heterocycles. The van der Waals surface area contributed by atoms with E-state index in [1.165, 1.54) is 29.2 Å². The number of halogens is 2. The predicted octanol–water partition coefficient (Wildman–Crippen LogP) is 3.05. The van der Waals surface area contributed by atoms with Gasteiger partial charge in [-0.25, -0.2) is 4.39 Å². The first-order chi connectivity index (χ1) is 9.99. The third-order valence-corrected chi connectivity index (χ3v) is 3.89. The third kappa shape index (κ3) is 2.19. The second-order valence-electron chi connectivity index (χ2n) is 4.82. The molecule has 2 aromatic rings. The van der Waals surface area contributed by atoms with Crippen LogP contribution in [0.2, 0.25) is 5.02 Å². The molecule has 0 bridgehead atoms. The van der Waals surface area contributed by atoms with Gasteiger partial charge in [-0.1, -0.05) is 17.7 Å². The van der Waals surface area contributed by atoms with Gasteiger partial charge in [0.15, 0.2) is 11.5 Å². The molecule has 3 rings (SSSR count). The Hall–Kier alpha value is -2.27. The Balaban J connectivity index is 1.94. The zero-order valence-electron chi connectivity index (χ0n) is 10.8. The Bertz CT molecular complexity index is 728. The van der Waals surface area contributed by atoms with Crippen LogP contribution >= 0.6 is 11.6 Å². The van der Waals surface area contributed by atoms with Gasteiger partial charge in [0.2, 0.25) is 0 Å². The molecule has 0 fully saturated rings. The van der Waals surface area contributed by atoms with Crippen molar-refractivity contribution in [3.8, 4) is 11.5 Å². The number of carbonyl (C=O) groups excluding carboxylic acids is 1. The van der Waals surface area contributed by atoms with Gasteiger partial charge in [0.25, 0.3) is 5.91 Å². The minimum absolute atomic E-state index is 0.000772. The zero-order valence-corrected chi connectivity index (χ0v) is 11.6. The first-order valence-electron chi connectivity index (χ1n) is 6.25. The highest BCUT2D eigenvalue weighted by Crippen LogP contribution is 2.37. The van der Waals surface area contributed by atoms with Crippen LogP contribution in [0.1, 0.15) is 21.5 Å². The average molecular weight is 308 g/mol. The molecular formula is C15H11ClFNO3. The monoisotopic (exact) mass is 307 g/mol. The number of hydrogen-bond donors (Lipinski definition) is 2. The number of hydrogen-bond acceptors (Lipinski definition) is 3. The van der Waals surface area contributed by atoms with E-state index in [-0.39, 0.29) is 41.1 Å². The Kier molecular flexibility index (Phi) is 3.22. The minimum atomic E-state index is -0.488. The highest BCUT2D eigenvalue weighted by atomic mass is 35.5. The summed E-state index contributed by atoms with van der Waals surface area (Å²) in [6.07, 6.45) is 0. The van der Waals surface area contributed by atoms with Crippen LogP contribution in [0.15, 0.2) is 30.3 Å². The molecule has 1 heterocycles. The van der Waals surface area contributed by atoms with Crippen molar-refractivity contribution in [3.05, 3.63) is 57.9 Å². The number of phenolic OH excluding ortho intramolecular Hbond substituents is 2. The second-order valence-corrected chi connectivity index (χ2v) is 5.23. The van der Waals surface area contributed by atoms with E-state index in [1.54, 1.807) is 6.07 Å². The minimum Gasteiger partial charge on any atom is -0.504 e. The van der Waals surface area contributed by atoms with Crippen molar-refractivity contribution in [2.45, 2.75) is 13.1 Å². The highest BCUT2D eigenvalue weighted by molar-refractivity contribution is 6.31. The van der Waals surface area contributed by atoms with Gasteiger partial charge in [-0.3, -0.25) is 4.79 Å². The number of amides is 1. The zero-order chi connectivity index (χ0) is 15.1. The summed E-state index contributed by atoms with van der Waals surface area (Å²) in [5.74, 6) is -1.42. The van der Waals surface area contributed by atoms with Crippen molar-refractivity contribution in [2.75, 3.05) is 0 Å². The smallest absolute Gasteiger partial charge is 0.254 e. The van der Waals surface area contributed by atoms with Gasteiger partial charge in [-0.2, -0.15) is 0 Å². The fraction of sp³-hybridized carbons (Fsp3) is 0.133. The molecule has 21 heavy (non-hydrogen) atoms. The van der Waals surface area contributed by atoms with Crippen LogP contribution in [0.5, 0.6) is 11.5 Å². The summed E-state index contributed by atoms with van der Waals surface area (Å²) in [5, 5.41) is 19.5. The quantitative estimate of drug-likeness (QED) is 0.838. The Morgan fingerprint density at radius 3 is 2.71 bits per heavy atom. The molecule has 1 aliphatic heterocycles. The summed E-state index contributed by atoms with van der Waals surface area (Å²) in [6.45, 7) is 0.0955. The van der Waals surface area contributed by atoms with E-state index < -0.39 is 5.82 Å². The van der Waals surface area contributed by atoms with E-state index in [9.17, 15) is 19.4 Å². The second kappa shape index (κ2) is 4.93. The van der Waals surface area contributed by atoms with E-state index in [4.69, 9.17) is 11.6 Å². The number of fused-ring (bicyclic) bond motifs is 1. The number of rotatable bonds is 2. The maximum atomic E-state index is 13.8. The van der Waals surface area contributed by atoms with Crippen LogP contribution in [-0.2, 0) is 13.1 Å². The summed E-state index contributed by atoms with van der Waals surface area (Å²) in [7, 11) is 0. The first-order valence-corrected chi connectivity index (χ1v) is 6.63. The number of benzene rings is 2. The molecule has 0 spiro atoms. The van der Waals surface area contributed by atoms with Gasteiger partial charge in [0, 0.05) is 21.7 Å². The molecule has 6 heteroatoms. The fourth-order valence-corrected chi connectivity index (χ4v) is 2.64. The molecule has 108 valence electrons. The molecule has 0 saturated heterocycles. The number of nitrogens with zero attached hydrogens (tertiary/aromatic N) is 1. The van der Waals surface area contributed by atoms with Crippen molar-refractivity contribution in [2.24, 2.45) is 0 Å². The summed E-state index contributed by atoms with van der Waals surface area (Å²) in [6, 6.07) is 7.02. The Morgan fingerprint density at radius 1 is 1.24 bits per heavy atom. The van der Waals surface area contributed by atoms with E-state index in [0.29, 0.717) is 11.1 Å². The van der Waals surface area contributed by atoms with Crippen LogP contribution in [0.25, 0.3) is 0 Å². The molecule has 1 aliphatic rings. The van der Waals surface area contributed by atoms with Gasteiger partial charge in [0.1, 0.15) is 5.82 Å². The van der Waals surface area contributed by atoms with E-state index in [0.717, 1.165) is 0 Å². The fourth-order valence-electron chi connectivity index (χ4n) is 2.42. The maximum absolute atomic E-state index is 13.8. The number of aromatic hydroxyl groups is 2. The molecule has 1 amide bonds. The first kappa shape index (κ1) is 13.7. The van der Waals surface area contributed by atoms with Crippen LogP contribution in [0.3, 0.4) is 0 Å². The molecular weight excluding hydrogens is 297 g/mol. The molecule has 0 radical (unpaired) electrons. The van der Waals surface area contributed by atoms with Crippen molar-refractivity contribution < 1.29 is 19.4 Å². The summed E-state index contributed by atoms with van der Waals surface area (Å²) in [5.41, 5.74) is 0.870. The van der Waals surface area contributed by atoms with E-state index in [1.807, 2.05) is 0 Å². The maximum Gasteiger partial charge on any atom is 0.254 e. The Morgan fingerprint density at radius 2 is 2.00 bits per heavy atom. The van der Waals surface area contributed by atoms with Gasteiger partial charge < -0.3 is 15.1 Å². The molecule has 2 N–H and O–H groups in total. The number of phenols is 2. The normalized spacial score (nSPS) is 13.6. The average Bonchev–Trinajstić information content (AvgIpc) is 2.76. The number of carbonyl (C=O) groups is 1. The lowest BCUT2D eigenvalue weighted by atomic mass is 10.1. The van der Waals surface area contributed by atoms with Crippen LogP contribution < -0.4 is 0 Å². The molecule has 0 aliphatic carbocycles. The van der Waals surface area contributed by atoms with E-state index >= 15 is 0 Å². The third-order valence-electron chi connectivity index (χ3n) is 3.54. The molecule has 4 nitrogen and oxygen atoms in total. The van der Waals surface area contributed by atoms with Gasteiger partial charge in [-0.05, 0) is 24.3 Å². The van der Waals surface area contributed by atoms with Crippen molar-refractivity contribution in [3.63, 3.8) is 0 Å². The summed E-state index contributed by atoms with van der Waals surface area (Å²) < 4.78 is 13.8. The molecule has 2 aromatic carbocycles. The van der Waals surface area contributed by atoms with Gasteiger partial charge >= 0.3 is 0 Å². The Labute approximate surface area is 125 Å².